The number of halogens is 3. The Kier molecular flexibility index (Phi) is 6.74. The van der Waals surface area contributed by atoms with Gasteiger partial charge in [0.05, 0.1) is 0 Å². The molecule has 9 nitrogen and oxygen atoms in total. The molecule has 1 atom stereocenters. The van der Waals surface area contributed by atoms with Crippen molar-refractivity contribution in [1.82, 2.24) is 9.13 Å². The summed E-state index contributed by atoms with van der Waals surface area (Å²) < 4.78 is 49.6. The summed E-state index contributed by atoms with van der Waals surface area (Å²) in [5, 5.41) is 12.2. The maximum Gasteiger partial charge on any atom is 0.573 e. The third kappa shape index (κ3) is 5.27. The molecule has 0 amide bonds. The molecule has 0 spiro atoms. The van der Waals surface area contributed by atoms with Crippen molar-refractivity contribution in [3.8, 4) is 11.5 Å². The number of nitrogens with one attached hydrogen (secondary N) is 1. The van der Waals surface area contributed by atoms with Crippen LogP contribution in [0.15, 0.2) is 64.2 Å². The topological polar surface area (TPSA) is 98.0 Å². The van der Waals surface area contributed by atoms with Gasteiger partial charge in [-0.15, -0.1) is 13.2 Å². The summed E-state index contributed by atoms with van der Waals surface area (Å²) >= 11 is 0. The smallest absolute Gasteiger partial charge is 0.452 e. The first-order valence-electron chi connectivity index (χ1n) is 10.7. The molecular formula is C23H23F3N4O5. The molecule has 1 aliphatic rings. The molecule has 2 aromatic carbocycles. The Labute approximate surface area is 197 Å². The van der Waals surface area contributed by atoms with Crippen LogP contribution < -0.4 is 30.9 Å². The lowest BCUT2D eigenvalue weighted by Gasteiger charge is -2.26. The second-order valence-electron chi connectivity index (χ2n) is 7.82. The van der Waals surface area contributed by atoms with E-state index in [1.165, 1.54) is 23.7 Å². The zero-order chi connectivity index (χ0) is 25.2. The lowest BCUT2D eigenvalue weighted by atomic mass is 10.2. The van der Waals surface area contributed by atoms with Crippen molar-refractivity contribution in [2.24, 2.45) is 7.05 Å². The molecule has 0 saturated heterocycles. The van der Waals surface area contributed by atoms with Crippen molar-refractivity contribution in [3.05, 3.63) is 81.0 Å². The number of hydrogen-bond acceptors (Lipinski definition) is 7. The molecule has 0 fully saturated rings. The second kappa shape index (κ2) is 9.74. The largest absolute Gasteiger partial charge is 0.573 e. The Morgan fingerprint density at radius 3 is 2.31 bits per heavy atom. The number of anilines is 2. The molecule has 4 rings (SSSR count). The SMILES string of the molecule is Cn1c2c(c(=O)n(CCCO)c1=O)N(Cc1ccccc1)C(Oc1ccc(OC(F)(F)F)cc1)N2. The molecule has 0 radical (unpaired) electrons. The molecule has 2 heterocycles. The third-order valence-electron chi connectivity index (χ3n) is 5.40. The van der Waals surface area contributed by atoms with Gasteiger partial charge in [0.15, 0.2) is 0 Å². The van der Waals surface area contributed by atoms with Crippen LogP contribution in [0.2, 0.25) is 0 Å². The highest BCUT2D eigenvalue weighted by Gasteiger charge is 2.36. The van der Waals surface area contributed by atoms with Crippen LogP contribution in [-0.2, 0) is 20.1 Å². The van der Waals surface area contributed by atoms with E-state index in [9.17, 15) is 22.8 Å². The number of aliphatic hydroxyl groups is 1. The van der Waals surface area contributed by atoms with E-state index in [0.29, 0.717) is 0 Å². The number of rotatable bonds is 8. The van der Waals surface area contributed by atoms with E-state index < -0.39 is 29.7 Å². The molecule has 1 aromatic heterocycles. The van der Waals surface area contributed by atoms with Gasteiger partial charge in [0.1, 0.15) is 23.0 Å². The zero-order valence-electron chi connectivity index (χ0n) is 18.7. The molecule has 3 aromatic rings. The minimum absolute atomic E-state index is 0.0423. The van der Waals surface area contributed by atoms with Gasteiger partial charge in [-0.3, -0.25) is 13.9 Å². The van der Waals surface area contributed by atoms with Crippen molar-refractivity contribution in [2.75, 3.05) is 16.8 Å². The van der Waals surface area contributed by atoms with Gasteiger partial charge in [-0.05, 0) is 36.2 Å². The predicted molar refractivity (Wildman–Crippen MR) is 121 cm³/mol. The van der Waals surface area contributed by atoms with Crippen LogP contribution >= 0.6 is 0 Å². The molecular weight excluding hydrogens is 469 g/mol. The van der Waals surface area contributed by atoms with E-state index in [4.69, 9.17) is 9.84 Å². The van der Waals surface area contributed by atoms with Crippen LogP contribution in [0.4, 0.5) is 24.7 Å². The number of aromatic nitrogens is 2. The minimum atomic E-state index is -4.82. The lowest BCUT2D eigenvalue weighted by Crippen LogP contribution is -2.43. The van der Waals surface area contributed by atoms with E-state index in [1.54, 1.807) is 4.90 Å². The van der Waals surface area contributed by atoms with Crippen molar-refractivity contribution in [3.63, 3.8) is 0 Å². The summed E-state index contributed by atoms with van der Waals surface area (Å²) in [6.07, 6.45) is -5.53. The average Bonchev–Trinajstić information content (AvgIpc) is 3.16. The number of fused-ring (bicyclic) bond motifs is 1. The van der Waals surface area contributed by atoms with Crippen LogP contribution in [0.25, 0.3) is 0 Å². The molecule has 1 unspecified atom stereocenters. The average molecular weight is 492 g/mol. The summed E-state index contributed by atoms with van der Waals surface area (Å²) in [5.74, 6) is 0.0644. The molecule has 0 saturated carbocycles. The Bertz CT molecular complexity index is 1290. The van der Waals surface area contributed by atoms with Crippen LogP contribution in [-0.4, -0.2) is 33.6 Å². The summed E-state index contributed by atoms with van der Waals surface area (Å²) in [5.41, 5.74) is -0.0283. The standard InChI is InChI=1S/C23H23F3N4O5/c1-28-19-18(20(32)29(22(28)33)12-5-13-31)30(14-15-6-3-2-4-7-15)21(27-19)34-16-8-10-17(11-9-16)35-23(24,25)26/h2-4,6-11,21,27,31H,5,12-14H2,1H3. The van der Waals surface area contributed by atoms with E-state index in [1.807, 2.05) is 30.3 Å². The van der Waals surface area contributed by atoms with Gasteiger partial charge >= 0.3 is 12.1 Å². The monoisotopic (exact) mass is 492 g/mol. The molecule has 186 valence electrons. The molecule has 12 heteroatoms. The maximum absolute atomic E-state index is 13.3. The number of benzene rings is 2. The number of alkyl halides is 3. The van der Waals surface area contributed by atoms with Gasteiger partial charge in [-0.25, -0.2) is 4.79 Å². The first-order chi connectivity index (χ1) is 16.7. The van der Waals surface area contributed by atoms with Gasteiger partial charge in [0.25, 0.3) is 11.9 Å². The molecule has 1 aliphatic heterocycles. The molecule has 0 bridgehead atoms. The van der Waals surface area contributed by atoms with Crippen molar-refractivity contribution in [2.45, 2.75) is 32.2 Å². The summed E-state index contributed by atoms with van der Waals surface area (Å²) in [4.78, 5) is 27.7. The Hall–Kier alpha value is -3.93. The van der Waals surface area contributed by atoms with Crippen molar-refractivity contribution >= 4 is 11.5 Å². The van der Waals surface area contributed by atoms with Gasteiger partial charge in [-0.2, -0.15) is 0 Å². The van der Waals surface area contributed by atoms with Gasteiger partial charge < -0.3 is 24.8 Å². The van der Waals surface area contributed by atoms with Crippen molar-refractivity contribution < 1.29 is 27.8 Å². The fraction of sp³-hybridized carbons (Fsp3) is 0.304. The van der Waals surface area contributed by atoms with Crippen LogP contribution in [0.1, 0.15) is 12.0 Å². The molecule has 0 aliphatic carbocycles. The van der Waals surface area contributed by atoms with Crippen LogP contribution in [0.3, 0.4) is 0 Å². The first-order valence-corrected chi connectivity index (χ1v) is 10.7. The van der Waals surface area contributed by atoms with E-state index in [0.717, 1.165) is 22.3 Å². The van der Waals surface area contributed by atoms with Crippen LogP contribution in [0.5, 0.6) is 11.5 Å². The van der Waals surface area contributed by atoms with E-state index in [2.05, 4.69) is 10.1 Å². The van der Waals surface area contributed by atoms with E-state index >= 15 is 0 Å². The molecule has 2 N–H and O–H groups in total. The van der Waals surface area contributed by atoms with Crippen molar-refractivity contribution in [1.29, 1.82) is 0 Å². The van der Waals surface area contributed by atoms with Crippen LogP contribution in [0, 0.1) is 0 Å². The van der Waals surface area contributed by atoms with Gasteiger partial charge in [0, 0.05) is 26.7 Å². The predicted octanol–water partition coefficient (Wildman–Crippen LogP) is 2.62. The highest BCUT2D eigenvalue weighted by atomic mass is 19.4. The molecule has 35 heavy (non-hydrogen) atoms. The second-order valence-corrected chi connectivity index (χ2v) is 7.82. The number of aliphatic hydroxyl groups excluding tert-OH is 1. The minimum Gasteiger partial charge on any atom is -0.452 e. The Balaban J connectivity index is 1.70. The maximum atomic E-state index is 13.3. The number of ether oxygens (including phenoxy) is 2. The normalized spacial score (nSPS) is 15.0. The fourth-order valence-electron chi connectivity index (χ4n) is 3.80. The van der Waals surface area contributed by atoms with Gasteiger partial charge in [-0.1, -0.05) is 30.3 Å². The fourth-order valence-corrected chi connectivity index (χ4v) is 3.80. The lowest BCUT2D eigenvalue weighted by molar-refractivity contribution is -0.274. The summed E-state index contributed by atoms with van der Waals surface area (Å²) in [7, 11) is 1.51. The summed E-state index contributed by atoms with van der Waals surface area (Å²) in [6, 6.07) is 14.1. The quantitative estimate of drug-likeness (QED) is 0.499. The Morgan fingerprint density at radius 2 is 1.69 bits per heavy atom. The third-order valence-corrected chi connectivity index (χ3v) is 5.40. The number of hydrogen-bond donors (Lipinski definition) is 2. The zero-order valence-corrected chi connectivity index (χ0v) is 18.7. The summed E-state index contributed by atoms with van der Waals surface area (Å²) in [6.45, 7) is 0.104. The Morgan fingerprint density at radius 1 is 1.03 bits per heavy atom. The first kappa shape index (κ1) is 24.2. The highest BCUT2D eigenvalue weighted by Crippen LogP contribution is 2.33. The van der Waals surface area contributed by atoms with Gasteiger partial charge in [0.2, 0.25) is 0 Å². The number of nitrogens with zero attached hydrogens (tertiary/aromatic N) is 3. The highest BCUT2D eigenvalue weighted by molar-refractivity contribution is 5.71. The van der Waals surface area contributed by atoms with E-state index in [-0.39, 0.29) is 43.4 Å².